The number of para-hydroxylation sites is 1. The zero-order valence-corrected chi connectivity index (χ0v) is 11.7. The smallest absolute Gasteiger partial charge is 0.0399 e. The molecule has 1 aliphatic rings. The second-order valence-electron chi connectivity index (χ2n) is 5.51. The van der Waals surface area contributed by atoms with Crippen LogP contribution >= 0.6 is 0 Å². The van der Waals surface area contributed by atoms with Gasteiger partial charge in [0.15, 0.2) is 0 Å². The van der Waals surface area contributed by atoms with Gasteiger partial charge in [0.1, 0.15) is 0 Å². The molecule has 18 heavy (non-hydrogen) atoms. The molecule has 0 aliphatic carbocycles. The minimum Gasteiger partial charge on any atom is -0.371 e. The quantitative estimate of drug-likeness (QED) is 0.864. The van der Waals surface area contributed by atoms with E-state index in [2.05, 4.69) is 43.0 Å². The standard InChI is InChI=1S/C16H26N2/c1-3-13-9-10-18(12-13)16-8-6-5-7-14(16)11-15(17)4-2/h5-8,13,15H,3-4,9-12,17H2,1-2H3. The van der Waals surface area contributed by atoms with Crippen molar-refractivity contribution < 1.29 is 0 Å². The highest BCUT2D eigenvalue weighted by Gasteiger charge is 2.22. The normalized spacial score (nSPS) is 21.3. The predicted octanol–water partition coefficient (Wildman–Crippen LogP) is 3.20. The van der Waals surface area contributed by atoms with Gasteiger partial charge in [0.2, 0.25) is 0 Å². The van der Waals surface area contributed by atoms with E-state index < -0.39 is 0 Å². The second kappa shape index (κ2) is 6.24. The Morgan fingerprint density at radius 1 is 1.33 bits per heavy atom. The van der Waals surface area contributed by atoms with E-state index in [9.17, 15) is 0 Å². The van der Waals surface area contributed by atoms with Gasteiger partial charge < -0.3 is 10.6 Å². The lowest BCUT2D eigenvalue weighted by Gasteiger charge is -2.23. The highest BCUT2D eigenvalue weighted by atomic mass is 15.2. The lowest BCUT2D eigenvalue weighted by atomic mass is 10.0. The van der Waals surface area contributed by atoms with E-state index in [1.807, 2.05) is 0 Å². The summed E-state index contributed by atoms with van der Waals surface area (Å²) in [4.78, 5) is 2.55. The van der Waals surface area contributed by atoms with Crippen LogP contribution in [0.4, 0.5) is 5.69 Å². The zero-order chi connectivity index (χ0) is 13.0. The Bertz CT molecular complexity index is 375. The monoisotopic (exact) mass is 246 g/mol. The summed E-state index contributed by atoms with van der Waals surface area (Å²) in [6.07, 6.45) is 4.68. The zero-order valence-electron chi connectivity index (χ0n) is 11.7. The molecule has 0 radical (unpaired) electrons. The molecule has 1 aliphatic heterocycles. The number of rotatable bonds is 5. The summed E-state index contributed by atoms with van der Waals surface area (Å²) in [5, 5.41) is 0. The van der Waals surface area contributed by atoms with Gasteiger partial charge in [-0.15, -0.1) is 0 Å². The first-order valence-electron chi connectivity index (χ1n) is 7.33. The summed E-state index contributed by atoms with van der Waals surface area (Å²) >= 11 is 0. The first kappa shape index (κ1) is 13.4. The van der Waals surface area contributed by atoms with E-state index in [4.69, 9.17) is 5.73 Å². The van der Waals surface area contributed by atoms with E-state index in [0.29, 0.717) is 0 Å². The van der Waals surface area contributed by atoms with Crippen LogP contribution in [0.3, 0.4) is 0 Å². The number of nitrogens with zero attached hydrogens (tertiary/aromatic N) is 1. The molecule has 2 unspecified atom stereocenters. The molecule has 1 fully saturated rings. The Labute approximate surface area is 111 Å². The van der Waals surface area contributed by atoms with E-state index in [0.717, 1.165) is 18.8 Å². The van der Waals surface area contributed by atoms with Crippen molar-refractivity contribution in [1.29, 1.82) is 0 Å². The van der Waals surface area contributed by atoms with Crippen LogP contribution in [-0.2, 0) is 6.42 Å². The van der Waals surface area contributed by atoms with Gasteiger partial charge in [-0.2, -0.15) is 0 Å². The molecule has 1 saturated heterocycles. The van der Waals surface area contributed by atoms with Gasteiger partial charge in [-0.25, -0.2) is 0 Å². The fourth-order valence-electron chi connectivity index (χ4n) is 2.80. The Kier molecular flexibility index (Phi) is 4.65. The summed E-state index contributed by atoms with van der Waals surface area (Å²) in [6, 6.07) is 9.07. The number of nitrogens with two attached hydrogens (primary N) is 1. The molecule has 1 aromatic carbocycles. The van der Waals surface area contributed by atoms with Crippen LogP contribution in [0, 0.1) is 5.92 Å². The fraction of sp³-hybridized carbons (Fsp3) is 0.625. The Morgan fingerprint density at radius 3 is 2.78 bits per heavy atom. The number of hydrogen-bond donors (Lipinski definition) is 1. The lowest BCUT2D eigenvalue weighted by molar-refractivity contribution is 0.569. The van der Waals surface area contributed by atoms with Gasteiger partial charge in [-0.1, -0.05) is 38.5 Å². The predicted molar refractivity (Wildman–Crippen MR) is 79.0 cm³/mol. The summed E-state index contributed by atoms with van der Waals surface area (Å²) in [5.41, 5.74) is 8.94. The molecule has 100 valence electrons. The Morgan fingerprint density at radius 2 is 2.11 bits per heavy atom. The minimum absolute atomic E-state index is 0.288. The van der Waals surface area contributed by atoms with E-state index >= 15 is 0 Å². The molecule has 1 heterocycles. The highest BCUT2D eigenvalue weighted by molar-refractivity contribution is 5.54. The van der Waals surface area contributed by atoms with Gasteiger partial charge in [-0.05, 0) is 36.8 Å². The fourth-order valence-corrected chi connectivity index (χ4v) is 2.80. The highest BCUT2D eigenvalue weighted by Crippen LogP contribution is 2.29. The Balaban J connectivity index is 2.12. The summed E-state index contributed by atoms with van der Waals surface area (Å²) in [6.45, 7) is 6.88. The van der Waals surface area contributed by atoms with Crippen LogP contribution in [0.5, 0.6) is 0 Å². The SMILES string of the molecule is CCC(N)Cc1ccccc1N1CCC(CC)C1. The van der Waals surface area contributed by atoms with Crippen molar-refractivity contribution in [2.45, 2.75) is 45.6 Å². The maximum atomic E-state index is 6.11. The largest absolute Gasteiger partial charge is 0.371 e. The summed E-state index contributed by atoms with van der Waals surface area (Å²) in [5.74, 6) is 0.873. The molecule has 1 aromatic rings. The number of benzene rings is 1. The van der Waals surface area contributed by atoms with Gasteiger partial charge in [0.05, 0.1) is 0 Å². The van der Waals surface area contributed by atoms with Crippen LogP contribution < -0.4 is 10.6 Å². The topological polar surface area (TPSA) is 29.3 Å². The van der Waals surface area contributed by atoms with Crippen molar-refractivity contribution in [2.75, 3.05) is 18.0 Å². The second-order valence-corrected chi connectivity index (χ2v) is 5.51. The van der Waals surface area contributed by atoms with Crippen molar-refractivity contribution >= 4 is 5.69 Å². The molecular weight excluding hydrogens is 220 g/mol. The van der Waals surface area contributed by atoms with Crippen LogP contribution in [0.1, 0.15) is 38.7 Å². The maximum absolute atomic E-state index is 6.11. The molecule has 2 atom stereocenters. The van der Waals surface area contributed by atoms with E-state index in [-0.39, 0.29) is 6.04 Å². The third-order valence-electron chi connectivity index (χ3n) is 4.20. The third-order valence-corrected chi connectivity index (χ3v) is 4.20. The number of hydrogen-bond acceptors (Lipinski definition) is 2. The van der Waals surface area contributed by atoms with Crippen molar-refractivity contribution in [2.24, 2.45) is 11.7 Å². The average molecular weight is 246 g/mol. The average Bonchev–Trinajstić information content (AvgIpc) is 2.88. The maximum Gasteiger partial charge on any atom is 0.0399 e. The molecule has 2 heteroatoms. The molecule has 0 spiro atoms. The summed E-state index contributed by atoms with van der Waals surface area (Å²) < 4.78 is 0. The first-order chi connectivity index (χ1) is 8.74. The van der Waals surface area contributed by atoms with Crippen LogP contribution in [0.2, 0.25) is 0 Å². The lowest BCUT2D eigenvalue weighted by Crippen LogP contribution is -2.25. The molecule has 0 bridgehead atoms. The molecule has 0 amide bonds. The third kappa shape index (κ3) is 3.05. The van der Waals surface area contributed by atoms with Gasteiger partial charge in [0, 0.05) is 24.8 Å². The molecule has 2 nitrogen and oxygen atoms in total. The van der Waals surface area contributed by atoms with Crippen molar-refractivity contribution in [3.05, 3.63) is 29.8 Å². The van der Waals surface area contributed by atoms with Gasteiger partial charge in [-0.3, -0.25) is 0 Å². The Hall–Kier alpha value is -1.02. The van der Waals surface area contributed by atoms with Crippen LogP contribution in [0.25, 0.3) is 0 Å². The van der Waals surface area contributed by atoms with Crippen molar-refractivity contribution in [3.63, 3.8) is 0 Å². The van der Waals surface area contributed by atoms with Crippen LogP contribution in [-0.4, -0.2) is 19.1 Å². The van der Waals surface area contributed by atoms with E-state index in [1.165, 1.54) is 37.2 Å². The first-order valence-corrected chi connectivity index (χ1v) is 7.33. The van der Waals surface area contributed by atoms with E-state index in [1.54, 1.807) is 0 Å². The molecule has 0 saturated carbocycles. The summed E-state index contributed by atoms with van der Waals surface area (Å²) in [7, 11) is 0. The van der Waals surface area contributed by atoms with Crippen molar-refractivity contribution in [1.82, 2.24) is 0 Å². The van der Waals surface area contributed by atoms with Crippen molar-refractivity contribution in [3.8, 4) is 0 Å². The minimum atomic E-state index is 0.288. The molecule has 2 N–H and O–H groups in total. The molecular formula is C16H26N2. The molecule has 2 rings (SSSR count). The van der Waals surface area contributed by atoms with Gasteiger partial charge >= 0.3 is 0 Å². The van der Waals surface area contributed by atoms with Gasteiger partial charge in [0.25, 0.3) is 0 Å². The van der Waals surface area contributed by atoms with Crippen LogP contribution in [0.15, 0.2) is 24.3 Å². The number of anilines is 1. The molecule has 0 aromatic heterocycles.